The summed E-state index contributed by atoms with van der Waals surface area (Å²) in [5, 5.41) is 0. The minimum absolute atomic E-state index is 0.126. The van der Waals surface area contributed by atoms with E-state index in [4.69, 9.17) is 0 Å². The van der Waals surface area contributed by atoms with Crippen molar-refractivity contribution in [3.05, 3.63) is 54.4 Å². The Bertz CT molecular complexity index is 899. The third-order valence-electron chi connectivity index (χ3n) is 3.85. The van der Waals surface area contributed by atoms with E-state index in [1.807, 2.05) is 4.72 Å². The van der Waals surface area contributed by atoms with Gasteiger partial charge in [-0.25, -0.2) is 13.1 Å². The maximum absolute atomic E-state index is 12.1. The van der Waals surface area contributed by atoms with Gasteiger partial charge in [0, 0.05) is 18.3 Å². The fourth-order valence-electron chi connectivity index (χ4n) is 2.54. The molecule has 138 valence electrons. The molecule has 1 aliphatic carbocycles. The smallest absolute Gasteiger partial charge is 0.406 e. The molecule has 0 aliphatic heterocycles. The van der Waals surface area contributed by atoms with Crippen LogP contribution in [-0.4, -0.2) is 25.7 Å². The van der Waals surface area contributed by atoms with E-state index in [0.717, 1.165) is 18.3 Å². The molecule has 1 aliphatic rings. The fourth-order valence-corrected chi connectivity index (χ4v) is 3.53. The molecule has 6 nitrogen and oxygen atoms in total. The average Bonchev–Trinajstić information content (AvgIpc) is 3.35. The molecular formula is C16H13F3N2O4S. The highest BCUT2D eigenvalue weighted by molar-refractivity contribution is 7.90. The molecule has 2 aromatic rings. The first-order valence-corrected chi connectivity index (χ1v) is 8.96. The number of sulfonamides is 1. The van der Waals surface area contributed by atoms with E-state index in [2.05, 4.69) is 9.72 Å². The normalized spacial score (nSPS) is 19.7. The van der Waals surface area contributed by atoms with Gasteiger partial charge in [0.25, 0.3) is 10.0 Å². The van der Waals surface area contributed by atoms with E-state index < -0.39 is 28.2 Å². The number of nitrogens with zero attached hydrogens (tertiary/aromatic N) is 1. The Morgan fingerprint density at radius 3 is 2.46 bits per heavy atom. The Labute approximate surface area is 147 Å². The molecule has 3 rings (SSSR count). The van der Waals surface area contributed by atoms with Crippen LogP contribution >= 0.6 is 0 Å². The number of hydrogen-bond donors (Lipinski definition) is 1. The topological polar surface area (TPSA) is 85.4 Å². The van der Waals surface area contributed by atoms with E-state index in [0.29, 0.717) is 12.0 Å². The number of alkyl halides is 3. The zero-order valence-electron chi connectivity index (χ0n) is 13.1. The summed E-state index contributed by atoms with van der Waals surface area (Å²) in [5.41, 5.74) is 0.637. The van der Waals surface area contributed by atoms with Crippen molar-refractivity contribution in [1.29, 1.82) is 0 Å². The SMILES string of the molecule is O=C(NS(=O)(=O)c1cccnc1)[C@H]1C[C@H]1c1ccc(OC(F)(F)F)cc1. The molecule has 0 bridgehead atoms. The van der Waals surface area contributed by atoms with Crippen LogP contribution in [0.25, 0.3) is 0 Å². The first-order valence-electron chi connectivity index (χ1n) is 7.48. The third-order valence-corrected chi connectivity index (χ3v) is 5.18. The highest BCUT2D eigenvalue weighted by atomic mass is 32.2. The summed E-state index contributed by atoms with van der Waals surface area (Å²) in [4.78, 5) is 15.7. The van der Waals surface area contributed by atoms with Crippen LogP contribution in [0.15, 0.2) is 53.7 Å². The van der Waals surface area contributed by atoms with Gasteiger partial charge in [-0.3, -0.25) is 9.78 Å². The summed E-state index contributed by atoms with van der Waals surface area (Å²) < 4.78 is 66.4. The van der Waals surface area contributed by atoms with Crippen molar-refractivity contribution >= 4 is 15.9 Å². The minimum Gasteiger partial charge on any atom is -0.406 e. The molecule has 1 heterocycles. The molecule has 0 saturated heterocycles. The molecule has 10 heteroatoms. The van der Waals surface area contributed by atoms with Crippen LogP contribution in [-0.2, 0) is 14.8 Å². The highest BCUT2D eigenvalue weighted by Crippen LogP contribution is 2.48. The summed E-state index contributed by atoms with van der Waals surface area (Å²) in [6, 6.07) is 7.91. The monoisotopic (exact) mass is 386 g/mol. The van der Waals surface area contributed by atoms with Gasteiger partial charge in [-0.05, 0) is 42.2 Å². The van der Waals surface area contributed by atoms with Crippen molar-refractivity contribution in [2.24, 2.45) is 5.92 Å². The summed E-state index contributed by atoms with van der Waals surface area (Å²) in [6.07, 6.45) is -1.83. The Morgan fingerprint density at radius 2 is 1.88 bits per heavy atom. The number of benzene rings is 1. The molecule has 1 fully saturated rings. The Balaban J connectivity index is 1.62. The Morgan fingerprint density at radius 1 is 1.19 bits per heavy atom. The zero-order chi connectivity index (χ0) is 18.9. The second kappa shape index (κ2) is 6.60. The Hall–Kier alpha value is -2.62. The van der Waals surface area contributed by atoms with Crippen molar-refractivity contribution in [2.45, 2.75) is 23.6 Å². The molecule has 1 aromatic carbocycles. The van der Waals surface area contributed by atoms with Gasteiger partial charge in [0.1, 0.15) is 10.6 Å². The lowest BCUT2D eigenvalue weighted by molar-refractivity contribution is -0.274. The lowest BCUT2D eigenvalue weighted by Crippen LogP contribution is -2.32. The van der Waals surface area contributed by atoms with Crippen LogP contribution in [0.1, 0.15) is 17.9 Å². The maximum Gasteiger partial charge on any atom is 0.573 e. The number of halogens is 3. The molecule has 1 aromatic heterocycles. The highest BCUT2D eigenvalue weighted by Gasteiger charge is 2.45. The third kappa shape index (κ3) is 4.31. The van der Waals surface area contributed by atoms with E-state index in [1.54, 1.807) is 0 Å². The first-order chi connectivity index (χ1) is 12.2. The quantitative estimate of drug-likeness (QED) is 0.854. The molecule has 1 amide bonds. The van der Waals surface area contributed by atoms with Crippen molar-refractivity contribution in [1.82, 2.24) is 9.71 Å². The number of carbonyl (C=O) groups is 1. The lowest BCUT2D eigenvalue weighted by atomic mass is 10.1. The lowest BCUT2D eigenvalue weighted by Gasteiger charge is -2.09. The number of nitrogens with one attached hydrogen (secondary N) is 1. The summed E-state index contributed by atoms with van der Waals surface area (Å²) in [5.74, 6) is -1.83. The van der Waals surface area contributed by atoms with Crippen LogP contribution < -0.4 is 9.46 Å². The minimum atomic E-state index is -4.77. The van der Waals surface area contributed by atoms with Crippen molar-refractivity contribution in [3.8, 4) is 5.75 Å². The van der Waals surface area contributed by atoms with Crippen LogP contribution in [0, 0.1) is 5.92 Å². The number of rotatable bonds is 5. The van der Waals surface area contributed by atoms with Crippen molar-refractivity contribution < 1.29 is 31.1 Å². The number of aromatic nitrogens is 1. The molecule has 0 radical (unpaired) electrons. The number of ether oxygens (including phenoxy) is 1. The Kier molecular flexibility index (Phi) is 4.61. The van der Waals surface area contributed by atoms with Gasteiger partial charge in [0.15, 0.2) is 0 Å². The molecule has 1 N–H and O–H groups in total. The van der Waals surface area contributed by atoms with Gasteiger partial charge in [-0.15, -0.1) is 13.2 Å². The largest absolute Gasteiger partial charge is 0.573 e. The predicted octanol–water partition coefficient (Wildman–Crippen LogP) is 2.59. The van der Waals surface area contributed by atoms with Crippen LogP contribution in [0.4, 0.5) is 13.2 Å². The number of hydrogen-bond acceptors (Lipinski definition) is 5. The van der Waals surface area contributed by atoms with E-state index in [9.17, 15) is 26.4 Å². The molecule has 0 spiro atoms. The number of amides is 1. The standard InChI is InChI=1S/C16H13F3N2O4S/c17-16(18,19)25-11-5-3-10(4-6-11)13-8-14(13)15(22)21-26(23,24)12-2-1-7-20-9-12/h1-7,9,13-14H,8H2,(H,21,22)/t13-,14-/m0/s1. The second-order valence-corrected chi connectivity index (χ2v) is 7.41. The van der Waals surface area contributed by atoms with Crippen molar-refractivity contribution in [2.75, 3.05) is 0 Å². The molecule has 0 unspecified atom stereocenters. The predicted molar refractivity (Wildman–Crippen MR) is 83.5 cm³/mol. The zero-order valence-corrected chi connectivity index (χ0v) is 13.9. The number of carbonyl (C=O) groups excluding carboxylic acids is 1. The van der Waals surface area contributed by atoms with Crippen LogP contribution in [0.3, 0.4) is 0 Å². The molecule has 2 atom stereocenters. The molecular weight excluding hydrogens is 373 g/mol. The van der Waals surface area contributed by atoms with Gasteiger partial charge in [-0.1, -0.05) is 12.1 Å². The van der Waals surface area contributed by atoms with Crippen LogP contribution in [0.5, 0.6) is 5.75 Å². The molecule has 1 saturated carbocycles. The maximum atomic E-state index is 12.1. The fraction of sp³-hybridized carbons (Fsp3) is 0.250. The summed E-state index contributed by atoms with van der Waals surface area (Å²) in [7, 11) is -4.00. The summed E-state index contributed by atoms with van der Waals surface area (Å²) >= 11 is 0. The van der Waals surface area contributed by atoms with Gasteiger partial charge in [0.2, 0.25) is 5.91 Å². The van der Waals surface area contributed by atoms with E-state index in [-0.39, 0.29) is 16.6 Å². The van der Waals surface area contributed by atoms with E-state index >= 15 is 0 Å². The average molecular weight is 386 g/mol. The first kappa shape index (κ1) is 18.2. The van der Waals surface area contributed by atoms with Gasteiger partial charge in [0.05, 0.1) is 0 Å². The second-order valence-electron chi connectivity index (χ2n) is 5.72. The van der Waals surface area contributed by atoms with Gasteiger partial charge in [-0.2, -0.15) is 0 Å². The van der Waals surface area contributed by atoms with Gasteiger partial charge < -0.3 is 4.74 Å². The van der Waals surface area contributed by atoms with Crippen molar-refractivity contribution in [3.63, 3.8) is 0 Å². The summed E-state index contributed by atoms with van der Waals surface area (Å²) in [6.45, 7) is 0. The molecule has 26 heavy (non-hydrogen) atoms. The van der Waals surface area contributed by atoms with Crippen LogP contribution in [0.2, 0.25) is 0 Å². The van der Waals surface area contributed by atoms with Gasteiger partial charge >= 0.3 is 6.36 Å². The van der Waals surface area contributed by atoms with E-state index in [1.165, 1.54) is 30.5 Å². The number of pyridine rings is 1.